The smallest absolute Gasteiger partial charge is 0.230 e. The summed E-state index contributed by atoms with van der Waals surface area (Å²) in [5.74, 6) is 1.12. The summed E-state index contributed by atoms with van der Waals surface area (Å²) in [7, 11) is 1.64. The number of methoxy groups -OCH3 is 1. The molecule has 2 aromatic heterocycles. The number of carbonyl (C=O) groups excluding carboxylic acids is 1. The van der Waals surface area contributed by atoms with Gasteiger partial charge in [-0.1, -0.05) is 23.9 Å². The van der Waals surface area contributed by atoms with E-state index in [-0.39, 0.29) is 5.91 Å². The normalized spacial score (nSPS) is 10.4. The molecule has 0 fully saturated rings. The Morgan fingerprint density at radius 3 is 2.63 bits per heavy atom. The lowest BCUT2D eigenvalue weighted by atomic mass is 10.1. The molecule has 3 aromatic rings. The van der Waals surface area contributed by atoms with Crippen molar-refractivity contribution in [1.82, 2.24) is 20.5 Å². The minimum absolute atomic E-state index is 0.0216. The molecule has 1 N–H and O–H groups in total. The van der Waals surface area contributed by atoms with Crippen molar-refractivity contribution >= 4 is 17.7 Å². The first kappa shape index (κ1) is 18.8. The number of thioether (sulfide) groups is 1. The highest BCUT2D eigenvalue weighted by Gasteiger charge is 2.06. The van der Waals surface area contributed by atoms with Gasteiger partial charge in [-0.15, -0.1) is 10.2 Å². The zero-order valence-electron chi connectivity index (χ0n) is 15.0. The fourth-order valence-electron chi connectivity index (χ4n) is 2.39. The predicted molar refractivity (Wildman–Crippen MR) is 106 cm³/mol. The van der Waals surface area contributed by atoms with Gasteiger partial charge in [0.05, 0.1) is 18.6 Å². The van der Waals surface area contributed by atoms with Gasteiger partial charge in [0.25, 0.3) is 0 Å². The Hall–Kier alpha value is -2.93. The Morgan fingerprint density at radius 2 is 1.96 bits per heavy atom. The summed E-state index contributed by atoms with van der Waals surface area (Å²) in [4.78, 5) is 16.1. The SMILES string of the molecule is COc1ccc(CCNC(=O)CSc2ccc(-c3cccnc3)nn2)cc1. The highest BCUT2D eigenvalue weighted by Crippen LogP contribution is 2.18. The lowest BCUT2D eigenvalue weighted by Crippen LogP contribution is -2.27. The molecular formula is C20H20N4O2S. The number of benzene rings is 1. The van der Waals surface area contributed by atoms with Crippen LogP contribution >= 0.6 is 11.8 Å². The maximum absolute atomic E-state index is 12.0. The van der Waals surface area contributed by atoms with E-state index in [0.717, 1.165) is 29.0 Å². The van der Waals surface area contributed by atoms with Crippen molar-refractivity contribution in [3.8, 4) is 17.0 Å². The summed E-state index contributed by atoms with van der Waals surface area (Å²) >= 11 is 1.37. The van der Waals surface area contributed by atoms with E-state index in [1.807, 2.05) is 48.5 Å². The second kappa shape index (κ2) is 9.68. The number of nitrogens with one attached hydrogen (secondary N) is 1. The van der Waals surface area contributed by atoms with E-state index in [1.54, 1.807) is 19.5 Å². The van der Waals surface area contributed by atoms with Crippen LogP contribution in [-0.2, 0) is 11.2 Å². The van der Waals surface area contributed by atoms with Crippen LogP contribution in [0.25, 0.3) is 11.3 Å². The van der Waals surface area contributed by atoms with E-state index in [1.165, 1.54) is 11.8 Å². The lowest BCUT2D eigenvalue weighted by molar-refractivity contribution is -0.118. The van der Waals surface area contributed by atoms with Gasteiger partial charge in [0.15, 0.2) is 0 Å². The number of amides is 1. The van der Waals surface area contributed by atoms with E-state index in [4.69, 9.17) is 4.74 Å². The van der Waals surface area contributed by atoms with Gasteiger partial charge >= 0.3 is 0 Å². The van der Waals surface area contributed by atoms with Gasteiger partial charge in [-0.3, -0.25) is 9.78 Å². The van der Waals surface area contributed by atoms with Crippen molar-refractivity contribution in [3.63, 3.8) is 0 Å². The third-order valence-corrected chi connectivity index (χ3v) is 4.76. The van der Waals surface area contributed by atoms with E-state index < -0.39 is 0 Å². The fraction of sp³-hybridized carbons (Fsp3) is 0.200. The van der Waals surface area contributed by atoms with Gasteiger partial charge in [0.2, 0.25) is 5.91 Å². The molecular weight excluding hydrogens is 360 g/mol. The first-order chi connectivity index (χ1) is 13.2. The number of rotatable bonds is 8. The molecule has 0 atom stereocenters. The fourth-order valence-corrected chi connectivity index (χ4v) is 3.04. The van der Waals surface area contributed by atoms with Crippen molar-refractivity contribution in [1.29, 1.82) is 0 Å². The van der Waals surface area contributed by atoms with E-state index >= 15 is 0 Å². The standard InChI is InChI=1S/C20H20N4O2S/c1-26-17-6-4-15(5-7-17)10-12-22-19(25)14-27-20-9-8-18(23-24-20)16-3-2-11-21-13-16/h2-9,11,13H,10,12,14H2,1H3,(H,22,25). The lowest BCUT2D eigenvalue weighted by Gasteiger charge is -2.06. The van der Waals surface area contributed by atoms with Gasteiger partial charge in [-0.25, -0.2) is 0 Å². The van der Waals surface area contributed by atoms with Gasteiger partial charge in [-0.05, 0) is 48.4 Å². The molecule has 0 bridgehead atoms. The Bertz CT molecular complexity index is 855. The van der Waals surface area contributed by atoms with Crippen LogP contribution in [0.4, 0.5) is 0 Å². The molecule has 0 saturated heterocycles. The minimum atomic E-state index is -0.0216. The summed E-state index contributed by atoms with van der Waals surface area (Å²) in [5.41, 5.74) is 2.83. The molecule has 6 nitrogen and oxygen atoms in total. The average molecular weight is 380 g/mol. The molecule has 0 aliphatic heterocycles. The third kappa shape index (κ3) is 5.79. The number of nitrogens with zero attached hydrogens (tertiary/aromatic N) is 3. The second-order valence-electron chi connectivity index (χ2n) is 5.74. The van der Waals surface area contributed by atoms with E-state index in [0.29, 0.717) is 17.3 Å². The van der Waals surface area contributed by atoms with Crippen LogP contribution in [0.2, 0.25) is 0 Å². The molecule has 0 unspecified atom stereocenters. The molecule has 0 spiro atoms. The summed E-state index contributed by atoms with van der Waals surface area (Å²) in [6.07, 6.45) is 4.24. The Kier molecular flexibility index (Phi) is 6.76. The van der Waals surface area contributed by atoms with Crippen molar-refractivity contribution in [3.05, 3.63) is 66.5 Å². The quantitative estimate of drug-likeness (QED) is 0.606. The zero-order chi connectivity index (χ0) is 18.9. The van der Waals surface area contributed by atoms with Gasteiger partial charge in [-0.2, -0.15) is 0 Å². The number of hydrogen-bond donors (Lipinski definition) is 1. The molecule has 138 valence electrons. The molecule has 0 saturated carbocycles. The third-order valence-electron chi connectivity index (χ3n) is 3.84. The van der Waals surface area contributed by atoms with Crippen LogP contribution < -0.4 is 10.1 Å². The first-order valence-electron chi connectivity index (χ1n) is 8.51. The monoisotopic (exact) mass is 380 g/mol. The number of aromatic nitrogens is 3. The maximum atomic E-state index is 12.0. The number of ether oxygens (including phenoxy) is 1. The van der Waals surface area contributed by atoms with Crippen molar-refractivity contribution in [2.45, 2.75) is 11.4 Å². The van der Waals surface area contributed by atoms with Gasteiger partial charge in [0, 0.05) is 24.5 Å². The highest BCUT2D eigenvalue weighted by molar-refractivity contribution is 7.99. The molecule has 27 heavy (non-hydrogen) atoms. The van der Waals surface area contributed by atoms with Crippen LogP contribution in [-0.4, -0.2) is 40.5 Å². The number of hydrogen-bond acceptors (Lipinski definition) is 6. The Balaban J connectivity index is 1.41. The topological polar surface area (TPSA) is 77.0 Å². The molecule has 0 radical (unpaired) electrons. The summed E-state index contributed by atoms with van der Waals surface area (Å²) < 4.78 is 5.13. The molecule has 3 rings (SSSR count). The van der Waals surface area contributed by atoms with Crippen LogP contribution in [0.3, 0.4) is 0 Å². The van der Waals surface area contributed by atoms with Crippen molar-refractivity contribution in [2.24, 2.45) is 0 Å². The van der Waals surface area contributed by atoms with Crippen LogP contribution in [0, 0.1) is 0 Å². The maximum Gasteiger partial charge on any atom is 0.230 e. The average Bonchev–Trinajstić information content (AvgIpc) is 2.74. The zero-order valence-corrected chi connectivity index (χ0v) is 15.8. The van der Waals surface area contributed by atoms with Crippen LogP contribution in [0.5, 0.6) is 5.75 Å². The molecule has 0 aliphatic carbocycles. The number of pyridine rings is 1. The Labute approximate surface area is 162 Å². The first-order valence-corrected chi connectivity index (χ1v) is 9.50. The summed E-state index contributed by atoms with van der Waals surface area (Å²) in [6, 6.07) is 15.4. The van der Waals surface area contributed by atoms with Gasteiger partial charge < -0.3 is 10.1 Å². The predicted octanol–water partition coefficient (Wildman–Crippen LogP) is 3.00. The molecule has 0 aliphatic rings. The highest BCUT2D eigenvalue weighted by atomic mass is 32.2. The summed E-state index contributed by atoms with van der Waals surface area (Å²) in [6.45, 7) is 0.595. The summed E-state index contributed by atoms with van der Waals surface area (Å²) in [5, 5.41) is 12.0. The van der Waals surface area contributed by atoms with Crippen LogP contribution in [0.1, 0.15) is 5.56 Å². The van der Waals surface area contributed by atoms with E-state index in [2.05, 4.69) is 20.5 Å². The van der Waals surface area contributed by atoms with Crippen molar-refractivity contribution in [2.75, 3.05) is 19.4 Å². The largest absolute Gasteiger partial charge is 0.497 e. The minimum Gasteiger partial charge on any atom is -0.497 e. The Morgan fingerprint density at radius 1 is 1.11 bits per heavy atom. The molecule has 1 amide bonds. The number of carbonyl (C=O) groups is 1. The molecule has 1 aromatic carbocycles. The van der Waals surface area contributed by atoms with Gasteiger partial charge in [0.1, 0.15) is 10.8 Å². The molecule has 2 heterocycles. The second-order valence-corrected chi connectivity index (χ2v) is 6.73. The molecule has 7 heteroatoms. The van der Waals surface area contributed by atoms with Crippen molar-refractivity contribution < 1.29 is 9.53 Å². The van der Waals surface area contributed by atoms with E-state index in [9.17, 15) is 4.79 Å². The van der Waals surface area contributed by atoms with Crippen LogP contribution in [0.15, 0.2) is 66.0 Å².